The third kappa shape index (κ3) is 8.21. The minimum absolute atomic E-state index is 0. The van der Waals surface area contributed by atoms with Crippen LogP contribution in [0.3, 0.4) is 0 Å². The third-order valence-corrected chi connectivity index (χ3v) is 11.7. The summed E-state index contributed by atoms with van der Waals surface area (Å²) >= 11 is 1.72. The Morgan fingerprint density at radius 2 is 1.56 bits per heavy atom. The normalized spacial score (nSPS) is 13.6. The molecule has 0 aliphatic heterocycles. The first-order valence-electron chi connectivity index (χ1n) is 18.8. The van der Waals surface area contributed by atoms with Gasteiger partial charge in [-0.15, -0.1) is 59.2 Å². The Morgan fingerprint density at radius 1 is 0.800 bits per heavy atom. The van der Waals surface area contributed by atoms with Crippen molar-refractivity contribution in [3.05, 3.63) is 138 Å². The summed E-state index contributed by atoms with van der Waals surface area (Å²) in [5, 5.41) is 3.55. The standard InChI is InChI=1S/C26H19FNS.C18H24NSi.Ir/c1-16(2)18-12-13-28-24(14-18)23-5-3-4-22-21-11-8-19(15-25(21)29-26(22)23)17-6-9-20(27)10-7-17;1-13(2)16-11-17(15-9-7-14(3)8-10-15)19-12-18(16)20(4,5)6;/h3-4,6-16H,1-2H3;7-9,11-13H,1-6H3;/q2*-1;/i16D;3D3,13D;. The fourth-order valence-corrected chi connectivity index (χ4v) is 8.66. The van der Waals surface area contributed by atoms with Crippen molar-refractivity contribution >= 4 is 44.8 Å². The molecule has 7 rings (SSSR count). The van der Waals surface area contributed by atoms with Gasteiger partial charge in [-0.05, 0) is 73.8 Å². The monoisotopic (exact) mass is 876 g/mol. The average Bonchev–Trinajstić information content (AvgIpc) is 3.49. The van der Waals surface area contributed by atoms with E-state index in [1.807, 2.05) is 58.2 Å². The van der Waals surface area contributed by atoms with Crippen LogP contribution in [0.25, 0.3) is 53.8 Å². The fourth-order valence-electron chi connectivity index (χ4n) is 5.83. The Kier molecular flexibility index (Phi) is 9.67. The van der Waals surface area contributed by atoms with Crippen LogP contribution in [-0.4, -0.2) is 18.0 Å². The van der Waals surface area contributed by atoms with Crippen molar-refractivity contribution in [3.8, 4) is 33.6 Å². The summed E-state index contributed by atoms with van der Waals surface area (Å²) in [7, 11) is -1.61. The van der Waals surface area contributed by atoms with Gasteiger partial charge in [-0.3, -0.25) is 0 Å². The quantitative estimate of drug-likeness (QED) is 0.123. The topological polar surface area (TPSA) is 25.8 Å². The van der Waals surface area contributed by atoms with Gasteiger partial charge >= 0.3 is 0 Å². The maximum Gasteiger partial charge on any atom is 0.123 e. The first-order valence-corrected chi connectivity index (χ1v) is 20.7. The SMILES string of the molecule is [2H]C(C)(C)c1ccnc(-c2[c-]ccc3c2sc2cc(-c4ccc(F)cc4)ccc23)c1.[2H]C([2H])([2H])c1c[c-]c(-c2cc(C([2H])(C)C)c([Si](C)(C)C)cn2)cc1.[Ir]. The van der Waals surface area contributed by atoms with Crippen LogP contribution >= 0.6 is 11.3 Å². The van der Waals surface area contributed by atoms with Crippen molar-refractivity contribution < 1.29 is 31.3 Å². The number of pyridine rings is 2. The molecular weight excluding hydrogens is 828 g/mol. The number of aromatic nitrogens is 2. The van der Waals surface area contributed by atoms with E-state index in [1.54, 1.807) is 41.8 Å². The van der Waals surface area contributed by atoms with Crippen LogP contribution in [0, 0.1) is 24.8 Å². The molecule has 0 spiro atoms. The fraction of sp³-hybridized carbons (Fsp3) is 0.227. The number of rotatable bonds is 6. The summed E-state index contributed by atoms with van der Waals surface area (Å²) in [4.78, 5) is 9.13. The first-order chi connectivity index (χ1) is 25.2. The van der Waals surface area contributed by atoms with Crippen molar-refractivity contribution in [2.24, 2.45) is 0 Å². The van der Waals surface area contributed by atoms with Crippen molar-refractivity contribution in [3.63, 3.8) is 0 Å². The molecule has 0 N–H and O–H groups in total. The van der Waals surface area contributed by atoms with E-state index in [2.05, 4.69) is 66.0 Å². The van der Waals surface area contributed by atoms with Crippen molar-refractivity contribution in [2.45, 2.75) is 66.0 Å². The predicted octanol–water partition coefficient (Wildman–Crippen LogP) is 12.4. The van der Waals surface area contributed by atoms with Crippen molar-refractivity contribution in [1.82, 2.24) is 9.97 Å². The van der Waals surface area contributed by atoms with Gasteiger partial charge in [0.2, 0.25) is 0 Å². The molecule has 0 atom stereocenters. The van der Waals surface area contributed by atoms with Gasteiger partial charge < -0.3 is 9.97 Å². The zero-order valence-electron chi connectivity index (χ0n) is 34.3. The Morgan fingerprint density at radius 3 is 2.22 bits per heavy atom. The van der Waals surface area contributed by atoms with E-state index in [0.717, 1.165) is 49.5 Å². The summed E-state index contributed by atoms with van der Waals surface area (Å²) in [5.74, 6) is -1.63. The number of halogens is 1. The molecule has 50 heavy (non-hydrogen) atoms. The number of hydrogen-bond acceptors (Lipinski definition) is 3. The smallest absolute Gasteiger partial charge is 0.123 e. The van der Waals surface area contributed by atoms with E-state index in [9.17, 15) is 4.39 Å². The van der Waals surface area contributed by atoms with Gasteiger partial charge in [-0.2, -0.15) is 11.3 Å². The van der Waals surface area contributed by atoms with Gasteiger partial charge in [0.1, 0.15) is 5.82 Å². The molecule has 7 aromatic rings. The molecule has 0 aliphatic rings. The molecule has 0 unspecified atom stereocenters. The number of fused-ring (bicyclic) bond motifs is 3. The molecule has 6 heteroatoms. The molecule has 257 valence electrons. The zero-order valence-corrected chi connectivity index (χ0v) is 33.5. The second kappa shape index (κ2) is 15.6. The largest absolute Gasteiger partial charge is 0.305 e. The van der Waals surface area contributed by atoms with Crippen LogP contribution in [0.2, 0.25) is 19.6 Å². The predicted molar refractivity (Wildman–Crippen MR) is 211 cm³/mol. The molecular formula is C44H43FIrN2SSi-2. The van der Waals surface area contributed by atoms with Gasteiger partial charge in [0.15, 0.2) is 0 Å². The average molecular weight is 876 g/mol. The van der Waals surface area contributed by atoms with Crippen molar-refractivity contribution in [2.75, 3.05) is 0 Å². The van der Waals surface area contributed by atoms with Gasteiger partial charge in [-0.25, -0.2) is 4.39 Å². The molecule has 0 saturated heterocycles. The van der Waals surface area contributed by atoms with E-state index >= 15 is 0 Å². The molecule has 0 aliphatic carbocycles. The van der Waals surface area contributed by atoms with Crippen molar-refractivity contribution in [1.29, 1.82) is 0 Å². The van der Waals surface area contributed by atoms with E-state index in [1.165, 1.54) is 38.9 Å². The van der Waals surface area contributed by atoms with Gasteiger partial charge in [-0.1, -0.05) is 107 Å². The third-order valence-electron chi connectivity index (χ3n) is 8.54. The molecule has 4 aromatic carbocycles. The summed E-state index contributed by atoms with van der Waals surface area (Å²) in [5.41, 5.74) is 7.51. The number of benzene rings is 4. The Hall–Kier alpha value is -3.80. The summed E-state index contributed by atoms with van der Waals surface area (Å²) < 4.78 is 54.7. The van der Waals surface area contributed by atoms with Crippen LogP contribution < -0.4 is 5.19 Å². The van der Waals surface area contributed by atoms with E-state index in [0.29, 0.717) is 0 Å². The summed E-state index contributed by atoms with van der Waals surface area (Å²) in [6, 6.07) is 34.1. The number of nitrogens with zero attached hydrogens (tertiary/aromatic N) is 2. The number of hydrogen-bond donors (Lipinski definition) is 0. The molecule has 2 nitrogen and oxygen atoms in total. The maximum absolute atomic E-state index is 13.3. The van der Waals surface area contributed by atoms with Crippen LogP contribution in [0.4, 0.5) is 4.39 Å². The second-order valence-corrected chi connectivity index (χ2v) is 19.8. The molecule has 3 aromatic heterocycles. The van der Waals surface area contributed by atoms with Crippen LogP contribution in [-0.2, 0) is 20.1 Å². The Labute approximate surface area is 322 Å². The van der Waals surface area contributed by atoms with Gasteiger partial charge in [0, 0.05) is 44.1 Å². The maximum atomic E-state index is 13.3. The zero-order chi connectivity index (χ0) is 39.2. The van der Waals surface area contributed by atoms with E-state index < -0.39 is 26.7 Å². The van der Waals surface area contributed by atoms with E-state index in [-0.39, 0.29) is 31.5 Å². The molecule has 1 radical (unpaired) electrons. The van der Waals surface area contributed by atoms with Crippen LogP contribution in [0.1, 0.15) is 63.0 Å². The van der Waals surface area contributed by atoms with Crippen LogP contribution in [0.5, 0.6) is 0 Å². The van der Waals surface area contributed by atoms with Gasteiger partial charge in [0.25, 0.3) is 0 Å². The summed E-state index contributed by atoms with van der Waals surface area (Å²) in [6.45, 7) is 12.1. The number of thiophene rings is 1. The minimum atomic E-state index is -2.13. The molecule has 3 heterocycles. The molecule has 0 fully saturated rings. The van der Waals surface area contributed by atoms with E-state index in [4.69, 9.17) is 6.85 Å². The molecule has 0 amide bonds. The summed E-state index contributed by atoms with van der Waals surface area (Å²) in [6.07, 6.45) is 3.66. The number of aryl methyl sites for hydroxylation is 1. The molecule has 0 saturated carbocycles. The Bertz CT molecular complexity index is 2440. The van der Waals surface area contributed by atoms with Gasteiger partial charge in [0.05, 0.1) is 8.07 Å². The Balaban J connectivity index is 0.000000213. The second-order valence-electron chi connectivity index (χ2n) is 13.7. The first kappa shape index (κ1) is 31.0. The minimum Gasteiger partial charge on any atom is -0.305 e. The molecule has 0 bridgehead atoms. The van der Waals surface area contributed by atoms with Crippen LogP contribution in [0.15, 0.2) is 103 Å².